The van der Waals surface area contributed by atoms with Crippen LogP contribution < -0.4 is 0 Å². The summed E-state index contributed by atoms with van der Waals surface area (Å²) in [6.45, 7) is 3.76. The molecule has 0 saturated carbocycles. The third kappa shape index (κ3) is 3.20. The molecule has 0 atom stereocenters. The molecular weight excluding hydrogens is 162 g/mol. The molecule has 13 heavy (non-hydrogen) atoms. The monoisotopic (exact) mass is 175 g/mol. The van der Waals surface area contributed by atoms with Gasteiger partial charge in [0.2, 0.25) is 0 Å². The highest BCUT2D eigenvalue weighted by Gasteiger charge is 2.00. The van der Waals surface area contributed by atoms with Crippen LogP contribution in [-0.2, 0) is 4.79 Å². The molecule has 0 unspecified atom stereocenters. The Morgan fingerprint density at radius 1 is 1.46 bits per heavy atom. The van der Waals surface area contributed by atoms with Gasteiger partial charge in [0, 0.05) is 12.1 Å². The van der Waals surface area contributed by atoms with E-state index in [9.17, 15) is 4.79 Å². The second-order valence-corrected chi connectivity index (χ2v) is 3.15. The van der Waals surface area contributed by atoms with Crippen molar-refractivity contribution in [3.05, 3.63) is 36.2 Å². The van der Waals surface area contributed by atoms with Gasteiger partial charge in [-0.2, -0.15) is 0 Å². The molecule has 0 aromatic carbocycles. The van der Waals surface area contributed by atoms with Crippen molar-refractivity contribution >= 4 is 11.9 Å². The summed E-state index contributed by atoms with van der Waals surface area (Å²) in [5, 5.41) is 0. The molecule has 0 amide bonds. The van der Waals surface area contributed by atoms with Crippen molar-refractivity contribution < 1.29 is 4.79 Å². The maximum Gasteiger partial charge on any atom is 0.158 e. The first-order chi connectivity index (χ1) is 6.20. The predicted molar refractivity (Wildman–Crippen MR) is 53.1 cm³/mol. The lowest BCUT2D eigenvalue weighted by Crippen LogP contribution is -2.01. The molecule has 2 heteroatoms. The number of hydrogen-bond acceptors (Lipinski definition) is 2. The standard InChI is InChI=1S/C11H13NO/c1-9(2)11(13)7-6-10-5-3-4-8-12-10/h3-9H,1-2H3/b7-6+. The Bertz CT molecular complexity index is 301. The number of aromatic nitrogens is 1. The summed E-state index contributed by atoms with van der Waals surface area (Å²) >= 11 is 0. The van der Waals surface area contributed by atoms with E-state index in [1.807, 2.05) is 32.0 Å². The third-order valence-electron chi connectivity index (χ3n) is 1.68. The maximum absolute atomic E-state index is 11.2. The molecule has 68 valence electrons. The average molecular weight is 175 g/mol. The third-order valence-corrected chi connectivity index (χ3v) is 1.68. The van der Waals surface area contributed by atoms with Crippen LogP contribution in [0.2, 0.25) is 0 Å². The van der Waals surface area contributed by atoms with Crippen LogP contribution >= 0.6 is 0 Å². The Kier molecular flexibility index (Phi) is 3.38. The second kappa shape index (κ2) is 4.55. The van der Waals surface area contributed by atoms with Crippen LogP contribution in [0.4, 0.5) is 0 Å². The van der Waals surface area contributed by atoms with Crippen molar-refractivity contribution in [1.82, 2.24) is 4.98 Å². The highest BCUT2D eigenvalue weighted by molar-refractivity contribution is 5.94. The summed E-state index contributed by atoms with van der Waals surface area (Å²) in [5.41, 5.74) is 0.816. The molecule has 0 radical (unpaired) electrons. The van der Waals surface area contributed by atoms with Crippen molar-refractivity contribution in [1.29, 1.82) is 0 Å². The zero-order valence-corrected chi connectivity index (χ0v) is 7.90. The Labute approximate surface area is 78.3 Å². The number of nitrogens with zero attached hydrogens (tertiary/aromatic N) is 1. The summed E-state index contributed by atoms with van der Waals surface area (Å²) in [6, 6.07) is 5.61. The summed E-state index contributed by atoms with van der Waals surface area (Å²) in [5.74, 6) is 0.186. The zero-order valence-electron chi connectivity index (χ0n) is 7.90. The molecule has 0 aliphatic heterocycles. The van der Waals surface area contributed by atoms with E-state index in [4.69, 9.17) is 0 Å². The lowest BCUT2D eigenvalue weighted by atomic mass is 10.1. The number of allylic oxidation sites excluding steroid dienone is 1. The molecule has 1 heterocycles. The highest BCUT2D eigenvalue weighted by Crippen LogP contribution is 2.00. The van der Waals surface area contributed by atoms with Crippen LogP contribution in [0.25, 0.3) is 6.08 Å². The van der Waals surface area contributed by atoms with Crippen LogP contribution in [0, 0.1) is 5.92 Å². The fraction of sp³-hybridized carbons (Fsp3) is 0.273. The van der Waals surface area contributed by atoms with Gasteiger partial charge < -0.3 is 0 Å². The van der Waals surface area contributed by atoms with Gasteiger partial charge in [-0.25, -0.2) is 0 Å². The molecule has 1 aromatic heterocycles. The Morgan fingerprint density at radius 3 is 2.77 bits per heavy atom. The topological polar surface area (TPSA) is 30.0 Å². The van der Waals surface area contributed by atoms with E-state index >= 15 is 0 Å². The van der Waals surface area contributed by atoms with Crippen LogP contribution in [-0.4, -0.2) is 10.8 Å². The van der Waals surface area contributed by atoms with Crippen LogP contribution in [0.5, 0.6) is 0 Å². The van der Waals surface area contributed by atoms with E-state index in [0.717, 1.165) is 5.69 Å². The van der Waals surface area contributed by atoms with Gasteiger partial charge in [-0.3, -0.25) is 9.78 Å². The number of ketones is 1. The second-order valence-electron chi connectivity index (χ2n) is 3.15. The van der Waals surface area contributed by atoms with E-state index in [2.05, 4.69) is 4.98 Å². The zero-order chi connectivity index (χ0) is 9.68. The van der Waals surface area contributed by atoms with Crippen molar-refractivity contribution in [3.8, 4) is 0 Å². The van der Waals surface area contributed by atoms with E-state index in [1.165, 1.54) is 0 Å². The summed E-state index contributed by atoms with van der Waals surface area (Å²) in [4.78, 5) is 15.3. The maximum atomic E-state index is 11.2. The number of carbonyl (C=O) groups is 1. The number of hydrogen-bond donors (Lipinski definition) is 0. The number of pyridine rings is 1. The molecule has 2 nitrogen and oxygen atoms in total. The number of carbonyl (C=O) groups excluding carboxylic acids is 1. The molecule has 0 fully saturated rings. The van der Waals surface area contributed by atoms with Crippen molar-refractivity contribution in [3.63, 3.8) is 0 Å². The Morgan fingerprint density at radius 2 is 2.23 bits per heavy atom. The Hall–Kier alpha value is -1.44. The van der Waals surface area contributed by atoms with E-state index < -0.39 is 0 Å². The summed E-state index contributed by atoms with van der Waals surface area (Å²) in [6.07, 6.45) is 5.02. The largest absolute Gasteiger partial charge is 0.295 e. The van der Waals surface area contributed by atoms with Crippen LogP contribution in [0.15, 0.2) is 30.5 Å². The first-order valence-corrected chi connectivity index (χ1v) is 4.33. The Balaban J connectivity index is 2.64. The minimum absolute atomic E-state index is 0.0555. The molecule has 1 aromatic rings. The highest BCUT2D eigenvalue weighted by atomic mass is 16.1. The van der Waals surface area contributed by atoms with E-state index in [1.54, 1.807) is 18.3 Å². The SMILES string of the molecule is CC(C)C(=O)/C=C/c1ccccn1. The minimum atomic E-state index is 0.0555. The molecular formula is C11H13NO. The smallest absolute Gasteiger partial charge is 0.158 e. The van der Waals surface area contributed by atoms with Crippen molar-refractivity contribution in [2.45, 2.75) is 13.8 Å². The first kappa shape index (κ1) is 9.65. The predicted octanol–water partition coefficient (Wildman–Crippen LogP) is 2.32. The van der Waals surface area contributed by atoms with Gasteiger partial charge in [-0.1, -0.05) is 19.9 Å². The van der Waals surface area contributed by atoms with Crippen LogP contribution in [0.1, 0.15) is 19.5 Å². The van der Waals surface area contributed by atoms with Gasteiger partial charge in [0.05, 0.1) is 5.69 Å². The van der Waals surface area contributed by atoms with Gasteiger partial charge >= 0.3 is 0 Å². The summed E-state index contributed by atoms with van der Waals surface area (Å²) < 4.78 is 0. The average Bonchev–Trinajstić information content (AvgIpc) is 2.15. The quantitative estimate of drug-likeness (QED) is 0.660. The fourth-order valence-electron chi connectivity index (χ4n) is 0.835. The van der Waals surface area contributed by atoms with E-state index in [-0.39, 0.29) is 11.7 Å². The minimum Gasteiger partial charge on any atom is -0.295 e. The molecule has 0 aliphatic rings. The lowest BCUT2D eigenvalue weighted by molar-refractivity contribution is -0.117. The van der Waals surface area contributed by atoms with Crippen LogP contribution in [0.3, 0.4) is 0 Å². The molecule has 1 rings (SSSR count). The van der Waals surface area contributed by atoms with Gasteiger partial charge in [-0.05, 0) is 24.3 Å². The lowest BCUT2D eigenvalue weighted by Gasteiger charge is -1.96. The molecule has 0 N–H and O–H groups in total. The van der Waals surface area contributed by atoms with Crippen molar-refractivity contribution in [2.24, 2.45) is 5.92 Å². The van der Waals surface area contributed by atoms with Gasteiger partial charge in [0.25, 0.3) is 0 Å². The summed E-state index contributed by atoms with van der Waals surface area (Å²) in [7, 11) is 0. The van der Waals surface area contributed by atoms with Gasteiger partial charge in [0.15, 0.2) is 5.78 Å². The number of rotatable bonds is 3. The molecule has 0 spiro atoms. The molecule has 0 bridgehead atoms. The van der Waals surface area contributed by atoms with Crippen molar-refractivity contribution in [2.75, 3.05) is 0 Å². The van der Waals surface area contributed by atoms with Gasteiger partial charge in [-0.15, -0.1) is 0 Å². The molecule has 0 aliphatic carbocycles. The molecule has 0 saturated heterocycles. The fourth-order valence-corrected chi connectivity index (χ4v) is 0.835. The van der Waals surface area contributed by atoms with Gasteiger partial charge in [0.1, 0.15) is 0 Å². The normalized spacial score (nSPS) is 11.0. The first-order valence-electron chi connectivity index (χ1n) is 4.33. The van der Waals surface area contributed by atoms with E-state index in [0.29, 0.717) is 0 Å².